The number of amides is 1. The number of benzene rings is 1. The highest BCUT2D eigenvalue weighted by molar-refractivity contribution is 5.91. The van der Waals surface area contributed by atoms with Crippen LogP contribution in [0, 0.1) is 5.82 Å². The third-order valence-electron chi connectivity index (χ3n) is 3.79. The van der Waals surface area contributed by atoms with Gasteiger partial charge in [0.2, 0.25) is 5.91 Å². The Morgan fingerprint density at radius 1 is 1.16 bits per heavy atom. The van der Waals surface area contributed by atoms with Crippen LogP contribution in [0.5, 0.6) is 0 Å². The van der Waals surface area contributed by atoms with E-state index < -0.39 is 5.41 Å². The number of nitrogens with zero attached hydrogens (tertiary/aromatic N) is 2. The van der Waals surface area contributed by atoms with E-state index in [2.05, 4.69) is 4.90 Å². The first kappa shape index (κ1) is 14.0. The number of rotatable bonds is 5. The van der Waals surface area contributed by atoms with E-state index in [1.54, 1.807) is 17.0 Å². The van der Waals surface area contributed by atoms with Crippen LogP contribution in [0.3, 0.4) is 0 Å². The van der Waals surface area contributed by atoms with Crippen molar-refractivity contribution in [2.45, 2.75) is 18.3 Å². The van der Waals surface area contributed by atoms with Crippen molar-refractivity contribution < 1.29 is 9.18 Å². The van der Waals surface area contributed by atoms with E-state index in [4.69, 9.17) is 0 Å². The van der Waals surface area contributed by atoms with Gasteiger partial charge in [0.05, 0.1) is 5.41 Å². The lowest BCUT2D eigenvalue weighted by molar-refractivity contribution is -0.132. The van der Waals surface area contributed by atoms with Crippen LogP contribution in [0.1, 0.15) is 18.4 Å². The molecule has 0 radical (unpaired) electrons. The van der Waals surface area contributed by atoms with Crippen molar-refractivity contribution in [3.05, 3.63) is 35.6 Å². The maximum atomic E-state index is 13.0. The minimum atomic E-state index is -0.394. The molecule has 0 N–H and O–H groups in total. The van der Waals surface area contributed by atoms with Crippen LogP contribution in [0.4, 0.5) is 4.39 Å². The number of halogens is 1. The molecule has 104 valence electrons. The van der Waals surface area contributed by atoms with Gasteiger partial charge in [-0.1, -0.05) is 12.1 Å². The van der Waals surface area contributed by atoms with Crippen LogP contribution in [0.2, 0.25) is 0 Å². The molecule has 0 aromatic heterocycles. The van der Waals surface area contributed by atoms with Crippen LogP contribution in [0.15, 0.2) is 24.3 Å². The van der Waals surface area contributed by atoms with Crippen LogP contribution in [-0.4, -0.2) is 49.9 Å². The summed E-state index contributed by atoms with van der Waals surface area (Å²) in [6.07, 6.45) is 1.73. The van der Waals surface area contributed by atoms with Gasteiger partial charge in [-0.2, -0.15) is 0 Å². The van der Waals surface area contributed by atoms with E-state index >= 15 is 0 Å². The molecular weight excluding hydrogens is 243 g/mol. The van der Waals surface area contributed by atoms with E-state index in [0.717, 1.165) is 31.5 Å². The molecule has 0 unspecified atom stereocenters. The lowest BCUT2D eigenvalue weighted by atomic mass is 9.94. The van der Waals surface area contributed by atoms with E-state index in [-0.39, 0.29) is 11.7 Å². The Hall–Kier alpha value is -1.42. The van der Waals surface area contributed by atoms with Crippen molar-refractivity contribution in [3.8, 4) is 0 Å². The fraction of sp³-hybridized carbons (Fsp3) is 0.533. The van der Waals surface area contributed by atoms with Gasteiger partial charge in [0.1, 0.15) is 5.82 Å². The van der Waals surface area contributed by atoms with Crippen molar-refractivity contribution >= 4 is 5.91 Å². The minimum Gasteiger partial charge on any atom is -0.344 e. The molecule has 1 amide bonds. The average Bonchev–Trinajstić information content (AvgIpc) is 3.17. The highest BCUT2D eigenvalue weighted by atomic mass is 19.1. The average molecular weight is 264 g/mol. The first-order chi connectivity index (χ1) is 8.95. The van der Waals surface area contributed by atoms with Crippen molar-refractivity contribution in [1.82, 2.24) is 9.80 Å². The van der Waals surface area contributed by atoms with Gasteiger partial charge in [-0.15, -0.1) is 0 Å². The monoisotopic (exact) mass is 264 g/mol. The smallest absolute Gasteiger partial charge is 0.233 e. The van der Waals surface area contributed by atoms with Crippen LogP contribution in [0.25, 0.3) is 0 Å². The molecular formula is C15H21FN2O. The highest BCUT2D eigenvalue weighted by Gasteiger charge is 2.52. The summed E-state index contributed by atoms with van der Waals surface area (Å²) in [4.78, 5) is 16.4. The van der Waals surface area contributed by atoms with Gasteiger partial charge >= 0.3 is 0 Å². The Morgan fingerprint density at radius 3 is 2.21 bits per heavy atom. The molecule has 1 aliphatic carbocycles. The molecule has 0 saturated heterocycles. The molecule has 0 aliphatic heterocycles. The van der Waals surface area contributed by atoms with Crippen molar-refractivity contribution in [2.75, 3.05) is 34.2 Å². The molecule has 0 bridgehead atoms. The van der Waals surface area contributed by atoms with E-state index in [1.807, 2.05) is 21.1 Å². The molecule has 4 heteroatoms. The van der Waals surface area contributed by atoms with Crippen molar-refractivity contribution in [1.29, 1.82) is 0 Å². The summed E-state index contributed by atoms with van der Waals surface area (Å²) in [5, 5.41) is 0. The lowest BCUT2D eigenvalue weighted by Crippen LogP contribution is -2.40. The predicted molar refractivity (Wildman–Crippen MR) is 73.5 cm³/mol. The molecule has 1 aliphatic rings. The van der Waals surface area contributed by atoms with E-state index in [9.17, 15) is 9.18 Å². The molecule has 1 saturated carbocycles. The summed E-state index contributed by atoms with van der Waals surface area (Å²) in [5.74, 6) is -0.103. The van der Waals surface area contributed by atoms with Gasteiger partial charge in [-0.05, 0) is 44.6 Å². The molecule has 0 spiro atoms. The Labute approximate surface area is 114 Å². The second kappa shape index (κ2) is 5.29. The van der Waals surface area contributed by atoms with Crippen LogP contribution < -0.4 is 0 Å². The maximum Gasteiger partial charge on any atom is 0.233 e. The molecule has 1 aromatic carbocycles. The van der Waals surface area contributed by atoms with Crippen molar-refractivity contribution in [2.24, 2.45) is 0 Å². The Morgan fingerprint density at radius 2 is 1.74 bits per heavy atom. The van der Waals surface area contributed by atoms with E-state index in [1.165, 1.54) is 12.1 Å². The maximum absolute atomic E-state index is 13.0. The van der Waals surface area contributed by atoms with Gasteiger partial charge in [0, 0.05) is 20.1 Å². The summed E-state index contributed by atoms with van der Waals surface area (Å²) >= 11 is 0. The zero-order chi connectivity index (χ0) is 14.0. The number of hydrogen-bond donors (Lipinski definition) is 0. The Balaban J connectivity index is 2.07. The largest absolute Gasteiger partial charge is 0.344 e. The molecule has 3 nitrogen and oxygen atoms in total. The fourth-order valence-corrected chi connectivity index (χ4v) is 2.34. The van der Waals surface area contributed by atoms with Crippen LogP contribution in [-0.2, 0) is 10.2 Å². The van der Waals surface area contributed by atoms with Gasteiger partial charge in [-0.3, -0.25) is 4.79 Å². The molecule has 0 atom stereocenters. The zero-order valence-electron chi connectivity index (χ0n) is 11.8. The third kappa shape index (κ3) is 2.95. The van der Waals surface area contributed by atoms with Crippen LogP contribution >= 0.6 is 0 Å². The van der Waals surface area contributed by atoms with Gasteiger partial charge in [0.25, 0.3) is 0 Å². The topological polar surface area (TPSA) is 23.6 Å². The Bertz CT molecular complexity index is 452. The molecule has 19 heavy (non-hydrogen) atoms. The molecule has 0 heterocycles. The first-order valence-corrected chi connectivity index (χ1v) is 6.62. The normalized spacial score (nSPS) is 16.5. The number of hydrogen-bond acceptors (Lipinski definition) is 2. The van der Waals surface area contributed by atoms with Gasteiger partial charge in [-0.25, -0.2) is 4.39 Å². The number of likely N-dealkylation sites (N-methyl/N-ethyl adjacent to an activating group) is 2. The second-order valence-electron chi connectivity index (χ2n) is 5.62. The molecule has 1 fully saturated rings. The van der Waals surface area contributed by atoms with Gasteiger partial charge in [0.15, 0.2) is 0 Å². The summed E-state index contributed by atoms with van der Waals surface area (Å²) in [5.41, 5.74) is 0.546. The molecule has 1 aromatic rings. The summed E-state index contributed by atoms with van der Waals surface area (Å²) in [7, 11) is 5.83. The fourth-order valence-electron chi connectivity index (χ4n) is 2.34. The highest BCUT2D eigenvalue weighted by Crippen LogP contribution is 2.49. The van der Waals surface area contributed by atoms with Gasteiger partial charge < -0.3 is 9.80 Å². The zero-order valence-corrected chi connectivity index (χ0v) is 11.8. The van der Waals surface area contributed by atoms with E-state index in [0.29, 0.717) is 0 Å². The molecule has 2 rings (SSSR count). The standard InChI is InChI=1S/C15H21FN2O/c1-17(2)10-11-18(3)14(19)15(8-9-15)12-4-6-13(16)7-5-12/h4-7H,8-11H2,1-3H3. The SMILES string of the molecule is CN(C)CCN(C)C(=O)C1(c2ccc(F)cc2)CC1. The first-order valence-electron chi connectivity index (χ1n) is 6.62. The summed E-state index contributed by atoms with van der Waals surface area (Å²) < 4.78 is 13.0. The summed E-state index contributed by atoms with van der Waals surface area (Å²) in [6, 6.07) is 6.34. The predicted octanol–water partition coefficient (Wildman–Crippen LogP) is 1.88. The van der Waals surface area contributed by atoms with Crippen molar-refractivity contribution in [3.63, 3.8) is 0 Å². The lowest BCUT2D eigenvalue weighted by Gasteiger charge is -2.25. The number of carbonyl (C=O) groups is 1. The Kier molecular flexibility index (Phi) is 3.90. The third-order valence-corrected chi connectivity index (χ3v) is 3.79. The quantitative estimate of drug-likeness (QED) is 0.810. The second-order valence-corrected chi connectivity index (χ2v) is 5.62. The minimum absolute atomic E-state index is 0.154. The summed E-state index contributed by atoms with van der Waals surface area (Å²) in [6.45, 7) is 1.57. The number of carbonyl (C=O) groups excluding carboxylic acids is 1.